The highest BCUT2D eigenvalue weighted by Crippen LogP contribution is 2.20. The lowest BCUT2D eigenvalue weighted by molar-refractivity contribution is 0.0745. The molecule has 0 N–H and O–H groups in total. The van der Waals surface area contributed by atoms with Crippen molar-refractivity contribution in [2.24, 2.45) is 0 Å². The van der Waals surface area contributed by atoms with Crippen LogP contribution in [0.15, 0.2) is 29.0 Å². The van der Waals surface area contributed by atoms with E-state index in [9.17, 15) is 4.79 Å². The molecule has 28 heavy (non-hydrogen) atoms. The minimum atomic E-state index is 0.00705. The summed E-state index contributed by atoms with van der Waals surface area (Å²) in [7, 11) is 0. The van der Waals surface area contributed by atoms with Gasteiger partial charge in [-0.15, -0.1) is 0 Å². The normalized spacial score (nSPS) is 17.7. The summed E-state index contributed by atoms with van der Waals surface area (Å²) in [5.74, 6) is 1.69. The van der Waals surface area contributed by atoms with E-state index >= 15 is 0 Å². The molecule has 2 saturated heterocycles. The Morgan fingerprint density at radius 1 is 1.00 bits per heavy atom. The summed E-state index contributed by atoms with van der Waals surface area (Å²) in [6.07, 6.45) is 3.29. The van der Waals surface area contributed by atoms with Gasteiger partial charge in [-0.05, 0) is 28.9 Å². The Hall–Kier alpha value is -2.26. The molecule has 9 heteroatoms. The summed E-state index contributed by atoms with van der Waals surface area (Å²) in [6, 6.07) is 3.83. The Morgan fingerprint density at radius 2 is 1.75 bits per heavy atom. The summed E-state index contributed by atoms with van der Waals surface area (Å²) in [5.41, 5.74) is 1.55. The van der Waals surface area contributed by atoms with Crippen molar-refractivity contribution in [1.82, 2.24) is 19.9 Å². The molecule has 2 aliphatic rings. The molecule has 0 unspecified atom stereocenters. The summed E-state index contributed by atoms with van der Waals surface area (Å²) in [5, 5.41) is 0. The molecule has 4 heterocycles. The Labute approximate surface area is 172 Å². The van der Waals surface area contributed by atoms with Crippen molar-refractivity contribution in [1.29, 1.82) is 0 Å². The van der Waals surface area contributed by atoms with Gasteiger partial charge < -0.3 is 19.4 Å². The molecule has 0 atom stereocenters. The van der Waals surface area contributed by atoms with E-state index in [0.29, 0.717) is 31.7 Å². The smallest absolute Gasteiger partial charge is 0.255 e. The van der Waals surface area contributed by atoms with Crippen molar-refractivity contribution in [2.75, 3.05) is 62.3 Å². The first-order chi connectivity index (χ1) is 13.6. The zero-order valence-corrected chi connectivity index (χ0v) is 17.4. The molecule has 0 spiro atoms. The van der Waals surface area contributed by atoms with Gasteiger partial charge in [-0.2, -0.15) is 4.98 Å². The van der Waals surface area contributed by atoms with Crippen LogP contribution >= 0.6 is 15.9 Å². The van der Waals surface area contributed by atoms with Gasteiger partial charge in [0.1, 0.15) is 5.82 Å². The average molecular weight is 447 g/mol. The molecule has 0 saturated carbocycles. The van der Waals surface area contributed by atoms with E-state index in [0.717, 1.165) is 48.2 Å². The average Bonchev–Trinajstić information content (AvgIpc) is 2.73. The summed E-state index contributed by atoms with van der Waals surface area (Å²) in [6.45, 7) is 7.82. The Morgan fingerprint density at radius 3 is 2.46 bits per heavy atom. The highest BCUT2D eigenvalue weighted by atomic mass is 79.9. The number of hydrogen-bond acceptors (Lipinski definition) is 7. The van der Waals surface area contributed by atoms with Crippen LogP contribution < -0.4 is 9.80 Å². The molecule has 0 aliphatic carbocycles. The van der Waals surface area contributed by atoms with Gasteiger partial charge in [0, 0.05) is 67.9 Å². The number of halogens is 1. The first-order valence-corrected chi connectivity index (χ1v) is 10.2. The fourth-order valence-electron chi connectivity index (χ4n) is 3.45. The number of carbonyl (C=O) groups is 1. The second-order valence-corrected chi connectivity index (χ2v) is 7.85. The van der Waals surface area contributed by atoms with Crippen LogP contribution in [0.1, 0.15) is 16.1 Å². The minimum Gasteiger partial charge on any atom is -0.378 e. The van der Waals surface area contributed by atoms with Crippen molar-refractivity contribution in [3.8, 4) is 0 Å². The number of aryl methyl sites for hydroxylation is 1. The minimum absolute atomic E-state index is 0.00705. The fourth-order valence-corrected chi connectivity index (χ4v) is 3.82. The van der Waals surface area contributed by atoms with Crippen LogP contribution in [0.2, 0.25) is 0 Å². The van der Waals surface area contributed by atoms with Crippen molar-refractivity contribution < 1.29 is 9.53 Å². The standard InChI is InChI=1S/C19H23BrN6O2/c1-14-10-17(24-6-8-28-9-7-24)23-19(22-14)26-4-2-25(3-5-26)18(27)15-11-16(20)13-21-12-15/h10-13H,2-9H2,1H3. The summed E-state index contributed by atoms with van der Waals surface area (Å²) < 4.78 is 6.24. The number of carbonyl (C=O) groups excluding carboxylic acids is 1. The predicted octanol–water partition coefficient (Wildman–Crippen LogP) is 1.74. The first kappa shape index (κ1) is 19.1. The molecular formula is C19H23BrN6O2. The molecule has 2 fully saturated rings. The fraction of sp³-hybridized carbons (Fsp3) is 0.474. The quantitative estimate of drug-likeness (QED) is 0.710. The van der Waals surface area contributed by atoms with E-state index in [1.54, 1.807) is 18.5 Å². The van der Waals surface area contributed by atoms with Gasteiger partial charge in [-0.25, -0.2) is 4.98 Å². The van der Waals surface area contributed by atoms with E-state index in [1.165, 1.54) is 0 Å². The van der Waals surface area contributed by atoms with E-state index in [2.05, 4.69) is 35.7 Å². The van der Waals surface area contributed by atoms with Crippen LogP contribution in [0, 0.1) is 6.92 Å². The lowest BCUT2D eigenvalue weighted by Gasteiger charge is -2.35. The number of pyridine rings is 1. The maximum absolute atomic E-state index is 12.7. The van der Waals surface area contributed by atoms with Crippen molar-refractivity contribution in [3.63, 3.8) is 0 Å². The van der Waals surface area contributed by atoms with Crippen LogP contribution in [0.3, 0.4) is 0 Å². The highest BCUT2D eigenvalue weighted by molar-refractivity contribution is 9.10. The zero-order chi connectivity index (χ0) is 19.5. The lowest BCUT2D eigenvalue weighted by atomic mass is 10.2. The number of rotatable bonds is 3. The molecule has 1 amide bonds. The van der Waals surface area contributed by atoms with E-state index < -0.39 is 0 Å². The molecule has 8 nitrogen and oxygen atoms in total. The third-order valence-electron chi connectivity index (χ3n) is 4.97. The molecule has 0 radical (unpaired) electrons. The Kier molecular flexibility index (Phi) is 5.72. The Balaban J connectivity index is 1.43. The molecule has 2 aromatic heterocycles. The maximum atomic E-state index is 12.7. The van der Waals surface area contributed by atoms with E-state index in [-0.39, 0.29) is 5.91 Å². The van der Waals surface area contributed by atoms with E-state index in [4.69, 9.17) is 9.72 Å². The van der Waals surface area contributed by atoms with Gasteiger partial charge in [0.05, 0.1) is 18.8 Å². The molecule has 2 aliphatic heterocycles. The van der Waals surface area contributed by atoms with Gasteiger partial charge in [0.25, 0.3) is 5.91 Å². The number of piperazine rings is 1. The largest absolute Gasteiger partial charge is 0.378 e. The topological polar surface area (TPSA) is 74.7 Å². The number of anilines is 2. The van der Waals surface area contributed by atoms with Crippen LogP contribution in [0.4, 0.5) is 11.8 Å². The van der Waals surface area contributed by atoms with Gasteiger partial charge in [0.15, 0.2) is 0 Å². The van der Waals surface area contributed by atoms with Gasteiger partial charge in [-0.1, -0.05) is 0 Å². The zero-order valence-electron chi connectivity index (χ0n) is 15.8. The van der Waals surface area contributed by atoms with Crippen molar-refractivity contribution >= 4 is 33.6 Å². The van der Waals surface area contributed by atoms with Gasteiger partial charge in [0.2, 0.25) is 5.95 Å². The summed E-state index contributed by atoms with van der Waals surface area (Å²) >= 11 is 3.37. The monoisotopic (exact) mass is 446 g/mol. The second-order valence-electron chi connectivity index (χ2n) is 6.94. The van der Waals surface area contributed by atoms with Crippen LogP contribution in [-0.2, 0) is 4.74 Å². The van der Waals surface area contributed by atoms with Crippen LogP contribution in [0.25, 0.3) is 0 Å². The number of nitrogens with zero attached hydrogens (tertiary/aromatic N) is 6. The third-order valence-corrected chi connectivity index (χ3v) is 5.40. The molecular weight excluding hydrogens is 424 g/mol. The third kappa shape index (κ3) is 4.25. The second kappa shape index (κ2) is 8.40. The maximum Gasteiger partial charge on any atom is 0.255 e. The molecule has 0 aromatic carbocycles. The first-order valence-electron chi connectivity index (χ1n) is 9.43. The molecule has 4 rings (SSSR count). The molecule has 2 aromatic rings. The Bertz CT molecular complexity index is 850. The number of morpholine rings is 1. The number of hydrogen-bond donors (Lipinski definition) is 0. The van der Waals surface area contributed by atoms with Crippen molar-refractivity contribution in [2.45, 2.75) is 6.92 Å². The molecule has 0 bridgehead atoms. The predicted molar refractivity (Wildman–Crippen MR) is 110 cm³/mol. The summed E-state index contributed by atoms with van der Waals surface area (Å²) in [4.78, 5) is 32.5. The lowest BCUT2D eigenvalue weighted by Crippen LogP contribution is -2.49. The molecule has 148 valence electrons. The van der Waals surface area contributed by atoms with Crippen LogP contribution in [0.5, 0.6) is 0 Å². The van der Waals surface area contributed by atoms with Gasteiger partial charge >= 0.3 is 0 Å². The SMILES string of the molecule is Cc1cc(N2CCOCC2)nc(N2CCN(C(=O)c3cncc(Br)c3)CC2)n1. The highest BCUT2D eigenvalue weighted by Gasteiger charge is 2.25. The number of amides is 1. The number of aromatic nitrogens is 3. The van der Waals surface area contributed by atoms with Crippen LogP contribution in [-0.4, -0.2) is 78.2 Å². The number of ether oxygens (including phenoxy) is 1. The van der Waals surface area contributed by atoms with Gasteiger partial charge in [-0.3, -0.25) is 9.78 Å². The van der Waals surface area contributed by atoms with E-state index in [1.807, 2.05) is 17.9 Å². The van der Waals surface area contributed by atoms with Crippen molar-refractivity contribution in [3.05, 3.63) is 40.3 Å².